The van der Waals surface area contributed by atoms with Crippen LogP contribution in [0.4, 0.5) is 0 Å². The van der Waals surface area contributed by atoms with Gasteiger partial charge >= 0.3 is 11.6 Å². The number of hydrogen-bond donors (Lipinski definition) is 0. The molecule has 2 aromatic carbocycles. The van der Waals surface area contributed by atoms with Gasteiger partial charge in [-0.25, -0.2) is 9.59 Å². The van der Waals surface area contributed by atoms with E-state index in [9.17, 15) is 14.4 Å². The molecule has 0 amide bonds. The zero-order valence-electron chi connectivity index (χ0n) is 14.7. The highest BCUT2D eigenvalue weighted by atomic mass is 35.5. The molecular formula is C20H14Cl2O6. The zero-order valence-corrected chi connectivity index (χ0v) is 16.2. The molecule has 1 heterocycles. The maximum Gasteiger partial charge on any atom is 0.344 e. The van der Waals surface area contributed by atoms with Gasteiger partial charge in [0.2, 0.25) is 5.78 Å². The van der Waals surface area contributed by atoms with Gasteiger partial charge < -0.3 is 13.9 Å². The number of carbonyl (C=O) groups excluding carboxylic acids is 2. The Morgan fingerprint density at radius 3 is 2.57 bits per heavy atom. The molecule has 0 saturated carbocycles. The standard InChI is InChI=1S/C20H14Cl2O6/c1-11-6-19(24)28-18-8-13(3-5-14(11)18)26-10-20(25)27-9-17(23)15-4-2-12(21)7-16(15)22/h2-8H,9-10H2,1H3. The Balaban J connectivity index is 1.57. The molecule has 8 heteroatoms. The van der Waals surface area contributed by atoms with E-state index in [1.54, 1.807) is 19.1 Å². The number of ether oxygens (including phenoxy) is 2. The van der Waals surface area contributed by atoms with Crippen LogP contribution in [0.3, 0.4) is 0 Å². The zero-order chi connectivity index (χ0) is 20.3. The highest BCUT2D eigenvalue weighted by molar-refractivity contribution is 6.36. The van der Waals surface area contributed by atoms with Gasteiger partial charge in [-0.3, -0.25) is 4.79 Å². The van der Waals surface area contributed by atoms with Crippen molar-refractivity contribution in [2.24, 2.45) is 0 Å². The van der Waals surface area contributed by atoms with Crippen molar-refractivity contribution in [3.05, 3.63) is 74.1 Å². The van der Waals surface area contributed by atoms with Gasteiger partial charge in [-0.15, -0.1) is 0 Å². The highest BCUT2D eigenvalue weighted by Gasteiger charge is 2.14. The topological polar surface area (TPSA) is 82.8 Å². The van der Waals surface area contributed by atoms with Crippen molar-refractivity contribution in [1.29, 1.82) is 0 Å². The van der Waals surface area contributed by atoms with E-state index in [0.717, 1.165) is 10.9 Å². The molecule has 3 rings (SSSR count). The number of aryl methyl sites for hydroxylation is 1. The molecule has 0 radical (unpaired) electrons. The van der Waals surface area contributed by atoms with Crippen LogP contribution in [-0.4, -0.2) is 25.0 Å². The van der Waals surface area contributed by atoms with Crippen molar-refractivity contribution in [2.75, 3.05) is 13.2 Å². The lowest BCUT2D eigenvalue weighted by Crippen LogP contribution is -2.19. The molecular weight excluding hydrogens is 407 g/mol. The molecule has 0 bridgehead atoms. The second-order valence-electron chi connectivity index (χ2n) is 5.90. The third kappa shape index (κ3) is 4.71. The SMILES string of the molecule is Cc1cc(=O)oc2cc(OCC(=O)OCC(=O)c3ccc(Cl)cc3Cl)ccc12. The Hall–Kier alpha value is -2.83. The largest absolute Gasteiger partial charge is 0.482 e. The van der Waals surface area contributed by atoms with E-state index >= 15 is 0 Å². The first kappa shape index (κ1) is 19.9. The molecule has 6 nitrogen and oxygen atoms in total. The van der Waals surface area contributed by atoms with Crippen molar-refractivity contribution in [3.8, 4) is 5.75 Å². The predicted molar refractivity (Wildman–Crippen MR) is 104 cm³/mol. The van der Waals surface area contributed by atoms with Gasteiger partial charge in [-0.2, -0.15) is 0 Å². The summed E-state index contributed by atoms with van der Waals surface area (Å²) in [6, 6.07) is 10.7. The summed E-state index contributed by atoms with van der Waals surface area (Å²) < 4.78 is 15.4. The molecule has 0 aliphatic rings. The van der Waals surface area contributed by atoms with Crippen LogP contribution < -0.4 is 10.4 Å². The van der Waals surface area contributed by atoms with Gasteiger partial charge in [0.25, 0.3) is 0 Å². The molecule has 0 spiro atoms. The first-order chi connectivity index (χ1) is 13.3. The molecule has 0 saturated heterocycles. The summed E-state index contributed by atoms with van der Waals surface area (Å²) in [5.74, 6) is -0.868. The third-order valence-corrected chi connectivity index (χ3v) is 4.42. The Bertz CT molecular complexity index is 1120. The Kier molecular flexibility index (Phi) is 6.02. The first-order valence-electron chi connectivity index (χ1n) is 8.14. The summed E-state index contributed by atoms with van der Waals surface area (Å²) >= 11 is 11.7. The number of fused-ring (bicyclic) bond motifs is 1. The number of carbonyl (C=O) groups is 2. The van der Waals surface area contributed by atoms with Gasteiger partial charge in [0.15, 0.2) is 13.2 Å². The summed E-state index contributed by atoms with van der Waals surface area (Å²) in [5, 5.41) is 1.34. The van der Waals surface area contributed by atoms with E-state index in [0.29, 0.717) is 16.4 Å². The van der Waals surface area contributed by atoms with E-state index in [2.05, 4.69) is 0 Å². The minimum Gasteiger partial charge on any atom is -0.482 e. The van der Waals surface area contributed by atoms with Crippen LogP contribution in [-0.2, 0) is 9.53 Å². The number of halogens is 2. The number of esters is 1. The minimum absolute atomic E-state index is 0.178. The predicted octanol–water partition coefficient (Wildman–Crippen LogP) is 4.21. The number of ketones is 1. The Morgan fingerprint density at radius 1 is 1.04 bits per heavy atom. The fourth-order valence-electron chi connectivity index (χ4n) is 2.52. The van der Waals surface area contributed by atoms with E-state index < -0.39 is 30.6 Å². The summed E-state index contributed by atoms with van der Waals surface area (Å²) in [6.07, 6.45) is 0. The molecule has 0 N–H and O–H groups in total. The van der Waals surface area contributed by atoms with Crippen LogP contribution in [0.2, 0.25) is 10.0 Å². The quantitative estimate of drug-likeness (QED) is 0.337. The Morgan fingerprint density at radius 2 is 1.82 bits per heavy atom. The summed E-state index contributed by atoms with van der Waals surface area (Å²) in [7, 11) is 0. The lowest BCUT2D eigenvalue weighted by Gasteiger charge is -2.08. The highest BCUT2D eigenvalue weighted by Crippen LogP contribution is 2.23. The molecule has 28 heavy (non-hydrogen) atoms. The summed E-state index contributed by atoms with van der Waals surface area (Å²) in [5.41, 5.74) is 0.862. The second-order valence-corrected chi connectivity index (χ2v) is 6.75. The smallest absolute Gasteiger partial charge is 0.344 e. The van der Waals surface area contributed by atoms with Crippen LogP contribution >= 0.6 is 23.2 Å². The average molecular weight is 421 g/mol. The molecule has 0 fully saturated rings. The summed E-state index contributed by atoms with van der Waals surface area (Å²) in [4.78, 5) is 35.4. The normalized spacial score (nSPS) is 10.7. The van der Waals surface area contributed by atoms with Gasteiger partial charge in [0.05, 0.1) is 5.02 Å². The second kappa shape index (κ2) is 8.46. The van der Waals surface area contributed by atoms with Crippen LogP contribution in [0.5, 0.6) is 5.75 Å². The average Bonchev–Trinajstić information content (AvgIpc) is 2.64. The van der Waals surface area contributed by atoms with Crippen LogP contribution in [0.15, 0.2) is 51.7 Å². The molecule has 144 valence electrons. The Labute approximate surface area is 169 Å². The van der Waals surface area contributed by atoms with Gasteiger partial charge in [0, 0.05) is 28.1 Å². The van der Waals surface area contributed by atoms with Gasteiger partial charge in [-0.05, 0) is 42.8 Å². The van der Waals surface area contributed by atoms with Crippen molar-refractivity contribution in [3.63, 3.8) is 0 Å². The van der Waals surface area contributed by atoms with Crippen LogP contribution in [0.25, 0.3) is 11.0 Å². The van der Waals surface area contributed by atoms with E-state index in [4.69, 9.17) is 37.1 Å². The molecule has 0 atom stereocenters. The van der Waals surface area contributed by atoms with Crippen molar-refractivity contribution < 1.29 is 23.5 Å². The van der Waals surface area contributed by atoms with Crippen LogP contribution in [0, 0.1) is 6.92 Å². The molecule has 0 unspecified atom stereocenters. The molecule has 0 aliphatic heterocycles. The lowest BCUT2D eigenvalue weighted by atomic mass is 10.1. The molecule has 1 aromatic heterocycles. The van der Waals surface area contributed by atoms with E-state index in [1.165, 1.54) is 30.3 Å². The van der Waals surface area contributed by atoms with E-state index in [1.807, 2.05) is 0 Å². The molecule has 0 aliphatic carbocycles. The first-order valence-corrected chi connectivity index (χ1v) is 8.90. The number of hydrogen-bond acceptors (Lipinski definition) is 6. The summed E-state index contributed by atoms with van der Waals surface area (Å²) in [6.45, 7) is 0.902. The van der Waals surface area contributed by atoms with Gasteiger partial charge in [0.1, 0.15) is 11.3 Å². The van der Waals surface area contributed by atoms with Crippen molar-refractivity contribution in [2.45, 2.75) is 6.92 Å². The minimum atomic E-state index is -0.732. The fourth-order valence-corrected chi connectivity index (χ4v) is 3.03. The number of benzene rings is 2. The van der Waals surface area contributed by atoms with E-state index in [-0.39, 0.29) is 10.6 Å². The van der Waals surface area contributed by atoms with Crippen molar-refractivity contribution >= 4 is 45.9 Å². The monoisotopic (exact) mass is 420 g/mol. The fraction of sp³-hybridized carbons (Fsp3) is 0.150. The maximum atomic E-state index is 12.1. The van der Waals surface area contributed by atoms with Gasteiger partial charge in [-0.1, -0.05) is 23.2 Å². The number of rotatable bonds is 6. The number of Topliss-reactive ketones (excluding diaryl/α,β-unsaturated/α-hetero) is 1. The molecule has 3 aromatic rings. The van der Waals surface area contributed by atoms with Crippen LogP contribution in [0.1, 0.15) is 15.9 Å². The van der Waals surface area contributed by atoms with Crippen molar-refractivity contribution in [1.82, 2.24) is 0 Å². The lowest BCUT2D eigenvalue weighted by molar-refractivity contribution is -0.144. The third-order valence-electron chi connectivity index (χ3n) is 3.88. The maximum absolute atomic E-state index is 12.1.